The van der Waals surface area contributed by atoms with Crippen molar-refractivity contribution in [2.24, 2.45) is 0 Å². The first-order chi connectivity index (χ1) is 8.63. The second-order valence-electron chi connectivity index (χ2n) is 3.95. The quantitative estimate of drug-likeness (QED) is 0.871. The lowest BCUT2D eigenvalue weighted by molar-refractivity contribution is 0.597. The highest BCUT2D eigenvalue weighted by Gasteiger charge is 2.15. The molecule has 0 aliphatic heterocycles. The van der Waals surface area contributed by atoms with Gasteiger partial charge in [0.05, 0.1) is 22.9 Å². The molecule has 2 rings (SSSR count). The molecule has 5 heteroatoms. The lowest BCUT2D eigenvalue weighted by Gasteiger charge is -2.11. The summed E-state index contributed by atoms with van der Waals surface area (Å²) in [6.45, 7) is 2.22. The maximum Gasteiger partial charge on any atom is 0.180 e. The second kappa shape index (κ2) is 5.27. The van der Waals surface area contributed by atoms with Gasteiger partial charge in [-0.25, -0.2) is 8.42 Å². The summed E-state index contributed by atoms with van der Waals surface area (Å²) in [6.07, 6.45) is 1.84. The van der Waals surface area contributed by atoms with E-state index >= 15 is 0 Å². The second-order valence-corrected chi connectivity index (χ2v) is 6.20. The first-order valence-corrected chi connectivity index (χ1v) is 7.46. The summed E-state index contributed by atoms with van der Waals surface area (Å²) in [6, 6.07) is 10.8. The molecule has 0 unspecified atom stereocenters. The van der Waals surface area contributed by atoms with Crippen LogP contribution in [0.3, 0.4) is 0 Å². The zero-order valence-corrected chi connectivity index (χ0v) is 11.0. The summed E-state index contributed by atoms with van der Waals surface area (Å²) in [5, 5.41) is 3.15. The van der Waals surface area contributed by atoms with Crippen molar-refractivity contribution >= 4 is 15.5 Å². The van der Waals surface area contributed by atoms with Gasteiger partial charge in [0.1, 0.15) is 0 Å². The van der Waals surface area contributed by atoms with Crippen molar-refractivity contribution in [3.63, 3.8) is 0 Å². The molecule has 2 N–H and O–H groups in total. The zero-order valence-electron chi connectivity index (χ0n) is 10.2. The molecule has 18 heavy (non-hydrogen) atoms. The summed E-state index contributed by atoms with van der Waals surface area (Å²) >= 11 is 0. The Bertz CT molecular complexity index is 604. The van der Waals surface area contributed by atoms with Crippen molar-refractivity contribution in [3.8, 4) is 0 Å². The van der Waals surface area contributed by atoms with Crippen LogP contribution in [0.25, 0.3) is 0 Å². The van der Waals surface area contributed by atoms with E-state index in [1.807, 2.05) is 24.4 Å². The van der Waals surface area contributed by atoms with Crippen LogP contribution in [0.15, 0.2) is 47.5 Å². The number of nitrogens with one attached hydrogen (secondary N) is 2. The minimum absolute atomic E-state index is 0.105. The average molecular weight is 264 g/mol. The van der Waals surface area contributed by atoms with E-state index in [0.717, 1.165) is 5.69 Å². The van der Waals surface area contributed by atoms with Crippen molar-refractivity contribution in [1.29, 1.82) is 0 Å². The molecule has 2 aromatic rings. The number of hydrogen-bond donors (Lipinski definition) is 2. The van der Waals surface area contributed by atoms with E-state index in [4.69, 9.17) is 0 Å². The molecule has 1 heterocycles. The molecule has 4 nitrogen and oxygen atoms in total. The largest absolute Gasteiger partial charge is 0.378 e. The molecule has 0 bridgehead atoms. The van der Waals surface area contributed by atoms with Crippen LogP contribution < -0.4 is 5.32 Å². The molecular weight excluding hydrogens is 248 g/mol. The van der Waals surface area contributed by atoms with Gasteiger partial charge in [-0.1, -0.05) is 19.1 Å². The number of rotatable bonds is 5. The fourth-order valence-corrected chi connectivity index (χ4v) is 2.78. The third-order valence-corrected chi connectivity index (χ3v) is 4.52. The molecule has 0 aliphatic carbocycles. The molecule has 0 aliphatic rings. The lowest BCUT2D eigenvalue weighted by atomic mass is 10.3. The SMILES string of the molecule is CCS(=O)(=O)c1ccccc1NCc1ccc[nH]1. The van der Waals surface area contributed by atoms with Crippen molar-refractivity contribution in [2.45, 2.75) is 18.4 Å². The van der Waals surface area contributed by atoms with Gasteiger partial charge in [-0.3, -0.25) is 0 Å². The number of H-pyrrole nitrogens is 1. The molecule has 0 fully saturated rings. The highest BCUT2D eigenvalue weighted by atomic mass is 32.2. The van der Waals surface area contributed by atoms with Crippen LogP contribution >= 0.6 is 0 Å². The van der Waals surface area contributed by atoms with Gasteiger partial charge in [-0.2, -0.15) is 0 Å². The summed E-state index contributed by atoms with van der Waals surface area (Å²) < 4.78 is 23.9. The van der Waals surface area contributed by atoms with Crippen molar-refractivity contribution in [3.05, 3.63) is 48.3 Å². The van der Waals surface area contributed by atoms with Crippen LogP contribution in [-0.4, -0.2) is 19.2 Å². The van der Waals surface area contributed by atoms with E-state index in [2.05, 4.69) is 10.3 Å². The predicted molar refractivity (Wildman–Crippen MR) is 72.3 cm³/mol. The zero-order chi connectivity index (χ0) is 13.0. The topological polar surface area (TPSA) is 62.0 Å². The molecule has 0 saturated heterocycles. The van der Waals surface area contributed by atoms with Gasteiger partial charge in [-0.15, -0.1) is 0 Å². The first-order valence-electron chi connectivity index (χ1n) is 5.81. The monoisotopic (exact) mass is 264 g/mol. The third-order valence-electron chi connectivity index (χ3n) is 2.73. The van der Waals surface area contributed by atoms with Gasteiger partial charge >= 0.3 is 0 Å². The number of para-hydroxylation sites is 1. The number of sulfone groups is 1. The van der Waals surface area contributed by atoms with E-state index in [-0.39, 0.29) is 5.75 Å². The standard InChI is InChI=1S/C13H16N2O2S/c1-2-18(16,17)13-8-4-3-7-12(13)15-10-11-6-5-9-14-11/h3-9,14-15H,2,10H2,1H3. The van der Waals surface area contributed by atoms with Crippen LogP contribution in [0.1, 0.15) is 12.6 Å². The Kier molecular flexibility index (Phi) is 3.72. The van der Waals surface area contributed by atoms with Crippen molar-refractivity contribution in [1.82, 2.24) is 4.98 Å². The maximum atomic E-state index is 11.9. The van der Waals surface area contributed by atoms with Crippen molar-refractivity contribution < 1.29 is 8.42 Å². The van der Waals surface area contributed by atoms with Gasteiger partial charge in [0.2, 0.25) is 0 Å². The third kappa shape index (κ3) is 2.73. The molecule has 0 amide bonds. The van der Waals surface area contributed by atoms with Gasteiger partial charge in [-0.05, 0) is 24.3 Å². The minimum Gasteiger partial charge on any atom is -0.378 e. The Morgan fingerprint density at radius 3 is 2.61 bits per heavy atom. The van der Waals surface area contributed by atoms with Crippen LogP contribution in [0.5, 0.6) is 0 Å². The average Bonchev–Trinajstić information content (AvgIpc) is 2.90. The first kappa shape index (κ1) is 12.7. The van der Waals surface area contributed by atoms with Crippen molar-refractivity contribution in [2.75, 3.05) is 11.1 Å². The Morgan fingerprint density at radius 1 is 1.17 bits per heavy atom. The normalized spacial score (nSPS) is 11.4. The van der Waals surface area contributed by atoms with E-state index in [1.54, 1.807) is 25.1 Å². The van der Waals surface area contributed by atoms with Gasteiger partial charge < -0.3 is 10.3 Å². The predicted octanol–water partition coefficient (Wildman–Crippen LogP) is 2.42. The number of aromatic nitrogens is 1. The molecule has 0 radical (unpaired) electrons. The number of anilines is 1. The van der Waals surface area contributed by atoms with E-state index in [0.29, 0.717) is 17.1 Å². The summed E-state index contributed by atoms with van der Waals surface area (Å²) in [5.41, 5.74) is 1.66. The summed E-state index contributed by atoms with van der Waals surface area (Å²) in [7, 11) is -3.19. The molecule has 96 valence electrons. The Balaban J connectivity index is 2.23. The fourth-order valence-electron chi connectivity index (χ4n) is 1.71. The Morgan fingerprint density at radius 2 is 1.94 bits per heavy atom. The van der Waals surface area contributed by atoms with E-state index < -0.39 is 9.84 Å². The Hall–Kier alpha value is -1.75. The minimum atomic E-state index is -3.19. The van der Waals surface area contributed by atoms with Gasteiger partial charge in [0.15, 0.2) is 9.84 Å². The fraction of sp³-hybridized carbons (Fsp3) is 0.231. The summed E-state index contributed by atoms with van der Waals surface area (Å²) in [4.78, 5) is 3.43. The van der Waals surface area contributed by atoms with Gasteiger partial charge in [0.25, 0.3) is 0 Å². The number of hydrogen-bond acceptors (Lipinski definition) is 3. The Labute approximate surface area is 107 Å². The molecule has 0 spiro atoms. The lowest BCUT2D eigenvalue weighted by Crippen LogP contribution is -2.09. The molecule has 1 aromatic carbocycles. The van der Waals surface area contributed by atoms with Crippen LogP contribution in [0.2, 0.25) is 0 Å². The van der Waals surface area contributed by atoms with Crippen LogP contribution in [0, 0.1) is 0 Å². The van der Waals surface area contributed by atoms with E-state index in [9.17, 15) is 8.42 Å². The molecule has 0 atom stereocenters. The number of benzene rings is 1. The van der Waals surface area contributed by atoms with Crippen LogP contribution in [0.4, 0.5) is 5.69 Å². The van der Waals surface area contributed by atoms with E-state index in [1.165, 1.54) is 0 Å². The maximum absolute atomic E-state index is 11.9. The van der Waals surface area contributed by atoms with Crippen LogP contribution in [-0.2, 0) is 16.4 Å². The highest BCUT2D eigenvalue weighted by Crippen LogP contribution is 2.22. The molecule has 0 saturated carbocycles. The smallest absolute Gasteiger partial charge is 0.180 e. The molecular formula is C13H16N2O2S. The number of aromatic amines is 1. The van der Waals surface area contributed by atoms with Gasteiger partial charge in [0, 0.05) is 11.9 Å². The summed E-state index contributed by atoms with van der Waals surface area (Å²) in [5.74, 6) is 0.105. The highest BCUT2D eigenvalue weighted by molar-refractivity contribution is 7.91. The molecule has 1 aromatic heterocycles.